The second-order valence-electron chi connectivity index (χ2n) is 8.42. The summed E-state index contributed by atoms with van der Waals surface area (Å²) in [7, 11) is -1.93. The summed E-state index contributed by atoms with van der Waals surface area (Å²) < 4.78 is 16.0. The molecule has 1 fully saturated rings. The lowest BCUT2D eigenvalue weighted by atomic mass is 9.79. The van der Waals surface area contributed by atoms with Gasteiger partial charge < -0.3 is 19.2 Å². The van der Waals surface area contributed by atoms with E-state index in [1.807, 2.05) is 19.9 Å². The SMILES string of the molecule is CCOC(=O)OC/C=C/[C@H](C)[C@H]1NC(=O)[C@@H]1[C@@H](C)O[Si](C)(C)C(C)(C)C. The Morgan fingerprint density at radius 3 is 2.38 bits per heavy atom. The Labute approximate surface area is 158 Å². The van der Waals surface area contributed by atoms with Crippen LogP contribution in [0.2, 0.25) is 18.1 Å². The highest BCUT2D eigenvalue weighted by molar-refractivity contribution is 6.74. The van der Waals surface area contributed by atoms with E-state index >= 15 is 0 Å². The van der Waals surface area contributed by atoms with Crippen molar-refractivity contribution < 1.29 is 23.5 Å². The van der Waals surface area contributed by atoms with Crippen LogP contribution in [0.1, 0.15) is 41.5 Å². The Bertz CT molecular complexity index is 527. The normalized spacial score (nSPS) is 23.2. The lowest BCUT2D eigenvalue weighted by Crippen LogP contribution is -2.65. The highest BCUT2D eigenvalue weighted by Crippen LogP contribution is 2.39. The van der Waals surface area contributed by atoms with Gasteiger partial charge >= 0.3 is 6.16 Å². The van der Waals surface area contributed by atoms with E-state index in [0.29, 0.717) is 6.61 Å². The molecule has 0 bridgehead atoms. The number of hydrogen-bond acceptors (Lipinski definition) is 5. The van der Waals surface area contributed by atoms with Crippen LogP contribution >= 0.6 is 0 Å². The first-order chi connectivity index (χ1) is 11.9. The Kier molecular flexibility index (Phi) is 7.89. The third kappa shape index (κ3) is 5.84. The van der Waals surface area contributed by atoms with Gasteiger partial charge in [0.1, 0.15) is 6.61 Å². The molecule has 7 heteroatoms. The van der Waals surface area contributed by atoms with Gasteiger partial charge in [-0.1, -0.05) is 39.8 Å². The molecule has 150 valence electrons. The zero-order chi connectivity index (χ0) is 20.1. The fraction of sp³-hybridized carbons (Fsp3) is 0.789. The molecule has 26 heavy (non-hydrogen) atoms. The molecule has 1 N–H and O–H groups in total. The third-order valence-electron chi connectivity index (χ3n) is 5.36. The second kappa shape index (κ2) is 9.04. The number of β-lactam (4-membered cyclic amide) rings is 1. The van der Waals surface area contributed by atoms with Crippen LogP contribution in [0.15, 0.2) is 12.2 Å². The molecule has 0 saturated carbocycles. The van der Waals surface area contributed by atoms with E-state index in [0.717, 1.165) is 0 Å². The summed E-state index contributed by atoms with van der Waals surface area (Å²) in [5.74, 6) is 0.00736. The van der Waals surface area contributed by atoms with Gasteiger partial charge in [0.2, 0.25) is 5.91 Å². The topological polar surface area (TPSA) is 73.9 Å². The Hall–Kier alpha value is -1.34. The summed E-state index contributed by atoms with van der Waals surface area (Å²) in [6, 6.07) is 0.0288. The summed E-state index contributed by atoms with van der Waals surface area (Å²) in [6.07, 6.45) is 2.94. The van der Waals surface area contributed by atoms with E-state index in [4.69, 9.17) is 13.9 Å². The molecule has 0 aliphatic carbocycles. The molecule has 0 aromatic carbocycles. The molecule has 1 rings (SSSR count). The van der Waals surface area contributed by atoms with E-state index in [-0.39, 0.29) is 41.5 Å². The monoisotopic (exact) mass is 385 g/mol. The second-order valence-corrected chi connectivity index (χ2v) is 13.2. The average Bonchev–Trinajstić information content (AvgIpc) is 2.47. The van der Waals surface area contributed by atoms with Crippen LogP contribution in [0.25, 0.3) is 0 Å². The zero-order valence-electron chi connectivity index (χ0n) is 17.4. The maximum Gasteiger partial charge on any atom is 0.508 e. The molecule has 0 unspecified atom stereocenters. The van der Waals surface area contributed by atoms with Crippen LogP contribution in [0.3, 0.4) is 0 Å². The maximum atomic E-state index is 12.1. The van der Waals surface area contributed by atoms with Gasteiger partial charge in [0.25, 0.3) is 0 Å². The van der Waals surface area contributed by atoms with Gasteiger partial charge in [0.15, 0.2) is 8.32 Å². The highest BCUT2D eigenvalue weighted by Gasteiger charge is 2.48. The fourth-order valence-corrected chi connectivity index (χ4v) is 4.19. The van der Waals surface area contributed by atoms with Crippen LogP contribution in [-0.2, 0) is 18.7 Å². The molecule has 4 atom stereocenters. The molecule has 1 amide bonds. The molecule has 0 spiro atoms. The van der Waals surface area contributed by atoms with Crippen LogP contribution < -0.4 is 5.32 Å². The van der Waals surface area contributed by atoms with Gasteiger partial charge in [-0.2, -0.15) is 0 Å². The van der Waals surface area contributed by atoms with Crippen molar-refractivity contribution in [1.82, 2.24) is 5.32 Å². The van der Waals surface area contributed by atoms with Crippen molar-refractivity contribution in [2.75, 3.05) is 13.2 Å². The van der Waals surface area contributed by atoms with E-state index in [1.165, 1.54) is 0 Å². The minimum absolute atomic E-state index is 0.0288. The first-order valence-electron chi connectivity index (χ1n) is 9.35. The minimum atomic E-state index is -1.93. The summed E-state index contributed by atoms with van der Waals surface area (Å²) in [5.41, 5.74) is 0. The van der Waals surface area contributed by atoms with Crippen molar-refractivity contribution in [2.24, 2.45) is 11.8 Å². The molecule has 0 aromatic rings. The predicted molar refractivity (Wildman–Crippen MR) is 104 cm³/mol. The Morgan fingerprint density at radius 2 is 1.88 bits per heavy atom. The van der Waals surface area contributed by atoms with E-state index in [9.17, 15) is 9.59 Å². The number of ether oxygens (including phenoxy) is 2. The van der Waals surface area contributed by atoms with Crippen molar-refractivity contribution in [3.05, 3.63) is 12.2 Å². The van der Waals surface area contributed by atoms with Gasteiger partial charge in [0.05, 0.1) is 18.6 Å². The van der Waals surface area contributed by atoms with Crippen LogP contribution in [0.5, 0.6) is 0 Å². The lowest BCUT2D eigenvalue weighted by Gasteiger charge is -2.46. The number of carbonyl (C=O) groups is 2. The molecule has 0 radical (unpaired) electrons. The van der Waals surface area contributed by atoms with Gasteiger partial charge in [0, 0.05) is 6.04 Å². The lowest BCUT2D eigenvalue weighted by molar-refractivity contribution is -0.141. The highest BCUT2D eigenvalue weighted by atomic mass is 28.4. The standard InChI is InChI=1S/C19H35NO5Si/c1-9-23-18(22)24-12-10-11-13(2)16-15(17(21)20-16)14(3)25-26(7,8)19(4,5)6/h10-11,13-16H,9,12H2,1-8H3,(H,20,21)/b11-10+/t13-,14+,15+,16+/m0/s1. The van der Waals surface area contributed by atoms with Gasteiger partial charge in [-0.3, -0.25) is 4.79 Å². The van der Waals surface area contributed by atoms with Gasteiger partial charge in [-0.25, -0.2) is 4.79 Å². The van der Waals surface area contributed by atoms with Gasteiger partial charge in [-0.15, -0.1) is 0 Å². The van der Waals surface area contributed by atoms with Crippen LogP contribution in [0, 0.1) is 11.8 Å². The number of carbonyl (C=O) groups excluding carboxylic acids is 2. The number of rotatable bonds is 8. The first-order valence-corrected chi connectivity index (χ1v) is 12.3. The number of nitrogens with one attached hydrogen (secondary N) is 1. The number of hydrogen-bond donors (Lipinski definition) is 1. The van der Waals surface area contributed by atoms with Crippen molar-refractivity contribution in [2.45, 2.75) is 71.8 Å². The largest absolute Gasteiger partial charge is 0.508 e. The van der Waals surface area contributed by atoms with Crippen molar-refractivity contribution in [3.8, 4) is 0 Å². The van der Waals surface area contributed by atoms with Crippen molar-refractivity contribution in [1.29, 1.82) is 0 Å². The van der Waals surface area contributed by atoms with Gasteiger partial charge in [-0.05, 0) is 37.9 Å². The molecule has 1 heterocycles. The van der Waals surface area contributed by atoms with Crippen LogP contribution in [-0.4, -0.2) is 45.7 Å². The van der Waals surface area contributed by atoms with E-state index in [1.54, 1.807) is 13.0 Å². The quantitative estimate of drug-likeness (QED) is 0.297. The summed E-state index contributed by atoms with van der Waals surface area (Å²) in [6.45, 7) is 17.2. The Balaban J connectivity index is 2.60. The summed E-state index contributed by atoms with van der Waals surface area (Å²) in [5, 5.41) is 3.08. The molecule has 1 saturated heterocycles. The predicted octanol–water partition coefficient (Wildman–Crippen LogP) is 3.88. The summed E-state index contributed by atoms with van der Waals surface area (Å²) >= 11 is 0. The first kappa shape index (κ1) is 22.7. The van der Waals surface area contributed by atoms with Crippen molar-refractivity contribution in [3.63, 3.8) is 0 Å². The third-order valence-corrected chi connectivity index (χ3v) is 9.93. The molecule has 1 aliphatic heterocycles. The molecule has 0 aromatic heterocycles. The van der Waals surface area contributed by atoms with Crippen molar-refractivity contribution >= 4 is 20.4 Å². The van der Waals surface area contributed by atoms with E-state index in [2.05, 4.69) is 39.2 Å². The molecule has 1 aliphatic rings. The molecular weight excluding hydrogens is 350 g/mol. The smallest absolute Gasteiger partial charge is 0.435 e. The summed E-state index contributed by atoms with van der Waals surface area (Å²) in [4.78, 5) is 23.3. The number of amides is 1. The minimum Gasteiger partial charge on any atom is -0.435 e. The average molecular weight is 386 g/mol. The molecule has 6 nitrogen and oxygen atoms in total. The Morgan fingerprint density at radius 1 is 1.27 bits per heavy atom. The zero-order valence-corrected chi connectivity index (χ0v) is 18.4. The van der Waals surface area contributed by atoms with E-state index < -0.39 is 14.5 Å². The van der Waals surface area contributed by atoms with Crippen LogP contribution in [0.4, 0.5) is 4.79 Å². The maximum absolute atomic E-state index is 12.1. The fourth-order valence-electron chi connectivity index (χ4n) is 2.76. The molecular formula is C19H35NO5Si.